The summed E-state index contributed by atoms with van der Waals surface area (Å²) in [6.45, 7) is 5.56. The number of morpholine rings is 1. The van der Waals surface area contributed by atoms with Crippen molar-refractivity contribution in [3.63, 3.8) is 0 Å². The van der Waals surface area contributed by atoms with Gasteiger partial charge in [0.25, 0.3) is 5.56 Å². The Kier molecular flexibility index (Phi) is 5.26. The number of ether oxygens (including phenoxy) is 1. The molecule has 0 aromatic carbocycles. The molecule has 4 rings (SSSR count). The van der Waals surface area contributed by atoms with Crippen LogP contribution in [0.4, 0.5) is 0 Å². The number of aromatic nitrogens is 3. The normalized spacial score (nSPS) is 18.5. The monoisotopic (exact) mass is 369 g/mol. The predicted octanol–water partition coefficient (Wildman–Crippen LogP) is 0.0959. The molecule has 1 amide bonds. The Bertz CT molecular complexity index is 848. The van der Waals surface area contributed by atoms with Crippen LogP contribution in [0.1, 0.15) is 0 Å². The van der Waals surface area contributed by atoms with Crippen molar-refractivity contribution in [1.29, 1.82) is 0 Å². The summed E-state index contributed by atoms with van der Waals surface area (Å²) in [5, 5.41) is 4.51. The summed E-state index contributed by atoms with van der Waals surface area (Å²) in [5.74, 6) is 0.477. The van der Waals surface area contributed by atoms with Crippen LogP contribution in [-0.4, -0.2) is 76.4 Å². The minimum Gasteiger partial charge on any atom is -0.370 e. The van der Waals surface area contributed by atoms with E-state index in [1.54, 1.807) is 29.2 Å². The number of carbonyl (C=O) groups excluding carboxylic acids is 1. The van der Waals surface area contributed by atoms with Crippen molar-refractivity contribution in [2.24, 2.45) is 5.92 Å². The Morgan fingerprint density at radius 3 is 2.67 bits per heavy atom. The Hall–Kier alpha value is -2.58. The SMILES string of the molecule is O=C1COCCN1CCN1CC(Cn2nc(-c3ccncc3)ccc2=O)C1. The molecule has 8 nitrogen and oxygen atoms in total. The zero-order valence-electron chi connectivity index (χ0n) is 15.2. The summed E-state index contributed by atoms with van der Waals surface area (Å²) in [6, 6.07) is 7.09. The first-order chi connectivity index (χ1) is 13.2. The lowest BCUT2D eigenvalue weighted by Gasteiger charge is -2.40. The van der Waals surface area contributed by atoms with Crippen LogP contribution in [0.3, 0.4) is 0 Å². The second kappa shape index (κ2) is 7.98. The standard InChI is InChI=1S/C19H23N5O3/c25-18-2-1-17(16-3-5-20-6-4-16)21-24(18)13-15-11-22(12-15)7-8-23-9-10-27-14-19(23)26/h1-6,15H,7-14H2. The van der Waals surface area contributed by atoms with E-state index in [0.29, 0.717) is 25.6 Å². The molecule has 0 unspecified atom stereocenters. The van der Waals surface area contributed by atoms with E-state index in [9.17, 15) is 9.59 Å². The first-order valence-corrected chi connectivity index (χ1v) is 9.25. The van der Waals surface area contributed by atoms with E-state index in [1.807, 2.05) is 17.0 Å². The highest BCUT2D eigenvalue weighted by Gasteiger charge is 2.28. The van der Waals surface area contributed by atoms with Gasteiger partial charge in [-0.15, -0.1) is 0 Å². The van der Waals surface area contributed by atoms with Gasteiger partial charge in [-0.25, -0.2) is 4.68 Å². The van der Waals surface area contributed by atoms with E-state index in [0.717, 1.165) is 37.4 Å². The van der Waals surface area contributed by atoms with Gasteiger partial charge in [-0.05, 0) is 18.2 Å². The van der Waals surface area contributed by atoms with Crippen LogP contribution in [0.2, 0.25) is 0 Å². The quantitative estimate of drug-likeness (QED) is 0.718. The fourth-order valence-electron chi connectivity index (χ4n) is 3.52. The molecule has 2 aromatic heterocycles. The van der Waals surface area contributed by atoms with E-state index in [4.69, 9.17) is 4.74 Å². The maximum Gasteiger partial charge on any atom is 0.266 e. The number of carbonyl (C=O) groups is 1. The van der Waals surface area contributed by atoms with Crippen LogP contribution in [0.5, 0.6) is 0 Å². The molecule has 8 heteroatoms. The smallest absolute Gasteiger partial charge is 0.266 e. The van der Waals surface area contributed by atoms with Gasteiger partial charge in [0.2, 0.25) is 5.91 Å². The zero-order valence-corrected chi connectivity index (χ0v) is 15.2. The lowest BCUT2D eigenvalue weighted by atomic mass is 10.0. The molecule has 142 valence electrons. The number of hydrogen-bond acceptors (Lipinski definition) is 6. The first kappa shape index (κ1) is 17.8. The van der Waals surface area contributed by atoms with E-state index >= 15 is 0 Å². The topological polar surface area (TPSA) is 80.6 Å². The summed E-state index contributed by atoms with van der Waals surface area (Å²) in [4.78, 5) is 32.1. The molecule has 2 aliphatic heterocycles. The minimum absolute atomic E-state index is 0.0713. The Morgan fingerprint density at radius 2 is 1.89 bits per heavy atom. The molecular formula is C19H23N5O3. The Labute approximate surface area is 157 Å². The fraction of sp³-hybridized carbons (Fsp3) is 0.474. The van der Waals surface area contributed by atoms with Crippen molar-refractivity contribution in [3.05, 3.63) is 47.0 Å². The molecule has 27 heavy (non-hydrogen) atoms. The highest BCUT2D eigenvalue weighted by molar-refractivity contribution is 5.77. The van der Waals surface area contributed by atoms with Crippen molar-refractivity contribution in [2.75, 3.05) is 45.9 Å². The lowest BCUT2D eigenvalue weighted by molar-refractivity contribution is -0.143. The number of hydrogen-bond donors (Lipinski definition) is 0. The predicted molar refractivity (Wildman–Crippen MR) is 99.1 cm³/mol. The zero-order chi connectivity index (χ0) is 18.6. The molecule has 2 saturated heterocycles. The summed E-state index contributed by atoms with van der Waals surface area (Å²) in [6.07, 6.45) is 3.44. The molecule has 2 aromatic rings. The highest BCUT2D eigenvalue weighted by atomic mass is 16.5. The van der Waals surface area contributed by atoms with Gasteiger partial charge in [-0.3, -0.25) is 14.6 Å². The summed E-state index contributed by atoms with van der Waals surface area (Å²) >= 11 is 0. The van der Waals surface area contributed by atoms with Crippen LogP contribution in [0.15, 0.2) is 41.5 Å². The molecule has 0 atom stereocenters. The van der Waals surface area contributed by atoms with Gasteiger partial charge < -0.3 is 14.5 Å². The number of rotatable bonds is 6. The van der Waals surface area contributed by atoms with E-state index in [-0.39, 0.29) is 18.1 Å². The third-order valence-corrected chi connectivity index (χ3v) is 5.08. The van der Waals surface area contributed by atoms with Crippen LogP contribution in [-0.2, 0) is 16.1 Å². The van der Waals surface area contributed by atoms with Crippen LogP contribution in [0, 0.1) is 5.92 Å². The van der Waals surface area contributed by atoms with Gasteiger partial charge in [0.1, 0.15) is 6.61 Å². The van der Waals surface area contributed by atoms with Crippen LogP contribution < -0.4 is 5.56 Å². The van der Waals surface area contributed by atoms with Crippen molar-refractivity contribution in [1.82, 2.24) is 24.6 Å². The van der Waals surface area contributed by atoms with Gasteiger partial charge in [-0.1, -0.05) is 0 Å². The summed E-state index contributed by atoms with van der Waals surface area (Å²) in [5.41, 5.74) is 1.65. The molecule has 0 N–H and O–H groups in total. The summed E-state index contributed by atoms with van der Waals surface area (Å²) < 4.78 is 6.71. The number of likely N-dealkylation sites (tertiary alicyclic amines) is 1. The van der Waals surface area contributed by atoms with Crippen molar-refractivity contribution < 1.29 is 9.53 Å². The molecule has 0 bridgehead atoms. The van der Waals surface area contributed by atoms with E-state index in [2.05, 4.69) is 15.0 Å². The average Bonchev–Trinajstić information content (AvgIpc) is 2.67. The van der Waals surface area contributed by atoms with Crippen molar-refractivity contribution in [2.45, 2.75) is 6.54 Å². The maximum atomic E-state index is 12.1. The number of pyridine rings is 1. The van der Waals surface area contributed by atoms with Gasteiger partial charge >= 0.3 is 0 Å². The van der Waals surface area contributed by atoms with Crippen LogP contribution >= 0.6 is 0 Å². The minimum atomic E-state index is -0.0785. The molecule has 2 aliphatic rings. The molecular weight excluding hydrogens is 346 g/mol. The van der Waals surface area contributed by atoms with Crippen LogP contribution in [0.25, 0.3) is 11.3 Å². The Morgan fingerprint density at radius 1 is 1.07 bits per heavy atom. The van der Waals surface area contributed by atoms with Gasteiger partial charge in [0.05, 0.1) is 18.8 Å². The molecule has 2 fully saturated rings. The molecule has 0 saturated carbocycles. The van der Waals surface area contributed by atoms with Crippen molar-refractivity contribution >= 4 is 5.91 Å². The molecule has 4 heterocycles. The molecule has 0 radical (unpaired) electrons. The third-order valence-electron chi connectivity index (χ3n) is 5.08. The largest absolute Gasteiger partial charge is 0.370 e. The molecule has 0 spiro atoms. The molecule has 0 aliphatic carbocycles. The second-order valence-electron chi connectivity index (χ2n) is 7.03. The highest BCUT2D eigenvalue weighted by Crippen LogP contribution is 2.18. The van der Waals surface area contributed by atoms with E-state index in [1.165, 1.54) is 0 Å². The number of amides is 1. The van der Waals surface area contributed by atoms with Crippen molar-refractivity contribution in [3.8, 4) is 11.3 Å². The lowest BCUT2D eigenvalue weighted by Crippen LogP contribution is -2.53. The summed E-state index contributed by atoms with van der Waals surface area (Å²) in [7, 11) is 0. The Balaban J connectivity index is 1.30. The van der Waals surface area contributed by atoms with Gasteiger partial charge in [0.15, 0.2) is 0 Å². The van der Waals surface area contributed by atoms with E-state index < -0.39 is 0 Å². The van der Waals surface area contributed by atoms with Gasteiger partial charge in [0, 0.05) is 62.7 Å². The average molecular weight is 369 g/mol. The first-order valence-electron chi connectivity index (χ1n) is 9.25. The second-order valence-corrected chi connectivity index (χ2v) is 7.03. The third kappa shape index (κ3) is 4.23. The maximum absolute atomic E-state index is 12.1. The number of nitrogens with zero attached hydrogens (tertiary/aromatic N) is 5. The fourth-order valence-corrected chi connectivity index (χ4v) is 3.52. The van der Waals surface area contributed by atoms with Gasteiger partial charge in [-0.2, -0.15) is 5.10 Å².